The van der Waals surface area contributed by atoms with E-state index in [9.17, 15) is 0 Å². The van der Waals surface area contributed by atoms with Gasteiger partial charge in [0.05, 0.1) is 13.7 Å². The minimum absolute atomic E-state index is 0.536. The molecule has 0 heterocycles. The summed E-state index contributed by atoms with van der Waals surface area (Å²) in [5.41, 5.74) is 6.76. The van der Waals surface area contributed by atoms with Gasteiger partial charge in [-0.25, -0.2) is 0 Å². The summed E-state index contributed by atoms with van der Waals surface area (Å²) in [7, 11) is -0.120. The predicted octanol–water partition coefficient (Wildman–Crippen LogP) is 8.04. The maximum Gasteiger partial charge on any atom is 0.150 e. The van der Waals surface area contributed by atoms with Crippen molar-refractivity contribution in [1.29, 1.82) is 0 Å². The van der Waals surface area contributed by atoms with Crippen molar-refractivity contribution in [2.45, 2.75) is 91.0 Å². The molecule has 0 spiro atoms. The van der Waals surface area contributed by atoms with Crippen molar-refractivity contribution in [3.8, 4) is 17.2 Å². The topological polar surface area (TPSA) is 18.5 Å². The number of methoxy groups -OCH3 is 1. The standard InChI is InChI=1S/C28H46O2Si/c1-10-19-31(22(3)4,23(5)6)28(11-2)25(8)20-24(7)13-12-18-30-21-26-14-16-27(29-9)17-15-26/h11,14-17,22-25,28H,2,12-13,18,20-21H2,1,3-9H3/t24-,25-,28+/m0/s1. The van der Waals surface area contributed by atoms with Crippen molar-refractivity contribution < 1.29 is 9.47 Å². The van der Waals surface area contributed by atoms with E-state index in [-0.39, 0.29) is 0 Å². The normalized spacial score (nSPS) is 14.6. The van der Waals surface area contributed by atoms with Gasteiger partial charge in [0.1, 0.15) is 13.8 Å². The Balaban J connectivity index is 2.55. The third-order valence-electron chi connectivity index (χ3n) is 6.86. The molecule has 3 atom stereocenters. The summed E-state index contributed by atoms with van der Waals surface area (Å²) in [6.45, 7) is 22.1. The van der Waals surface area contributed by atoms with Crippen LogP contribution in [0.2, 0.25) is 16.6 Å². The van der Waals surface area contributed by atoms with Gasteiger partial charge in [0.2, 0.25) is 0 Å². The second kappa shape index (κ2) is 13.8. The lowest BCUT2D eigenvalue weighted by atomic mass is 9.91. The van der Waals surface area contributed by atoms with Gasteiger partial charge in [-0.2, -0.15) is 0 Å². The van der Waals surface area contributed by atoms with E-state index in [1.807, 2.05) is 19.1 Å². The van der Waals surface area contributed by atoms with Crippen LogP contribution in [0.1, 0.15) is 73.3 Å². The summed E-state index contributed by atoms with van der Waals surface area (Å²) in [4.78, 5) is 0. The van der Waals surface area contributed by atoms with Gasteiger partial charge in [-0.1, -0.05) is 59.8 Å². The first-order valence-corrected chi connectivity index (χ1v) is 14.2. The van der Waals surface area contributed by atoms with E-state index >= 15 is 0 Å². The Kier molecular flexibility index (Phi) is 12.3. The molecular formula is C28H46O2Si. The fourth-order valence-corrected chi connectivity index (χ4v) is 10.8. The largest absolute Gasteiger partial charge is 0.497 e. The summed E-state index contributed by atoms with van der Waals surface area (Å²) >= 11 is 0. The molecule has 174 valence electrons. The molecule has 1 rings (SSSR count). The molecule has 0 amide bonds. The van der Waals surface area contributed by atoms with Crippen molar-refractivity contribution in [1.82, 2.24) is 0 Å². The zero-order valence-corrected chi connectivity index (χ0v) is 22.3. The summed E-state index contributed by atoms with van der Waals surface area (Å²) in [5, 5.41) is 0. The molecule has 0 saturated heterocycles. The molecule has 0 fully saturated rings. The van der Waals surface area contributed by atoms with Gasteiger partial charge in [0, 0.05) is 6.61 Å². The molecule has 0 saturated carbocycles. The molecule has 31 heavy (non-hydrogen) atoms. The van der Waals surface area contributed by atoms with Crippen LogP contribution in [0.15, 0.2) is 36.9 Å². The van der Waals surface area contributed by atoms with Crippen LogP contribution in [0, 0.1) is 23.3 Å². The first-order valence-electron chi connectivity index (χ1n) is 12.0. The van der Waals surface area contributed by atoms with E-state index < -0.39 is 8.07 Å². The summed E-state index contributed by atoms with van der Waals surface area (Å²) in [6, 6.07) is 8.10. The Morgan fingerprint density at radius 2 is 1.65 bits per heavy atom. The highest BCUT2D eigenvalue weighted by molar-refractivity contribution is 6.91. The number of ether oxygens (including phenoxy) is 2. The van der Waals surface area contributed by atoms with E-state index in [1.54, 1.807) is 7.11 Å². The molecule has 2 nitrogen and oxygen atoms in total. The van der Waals surface area contributed by atoms with Gasteiger partial charge in [0.25, 0.3) is 0 Å². The zero-order valence-electron chi connectivity index (χ0n) is 21.3. The summed E-state index contributed by atoms with van der Waals surface area (Å²) in [5.74, 6) is 5.49. The quantitative estimate of drug-likeness (QED) is 0.126. The van der Waals surface area contributed by atoms with Crippen LogP contribution in [-0.4, -0.2) is 21.8 Å². The molecule has 0 aliphatic heterocycles. The fourth-order valence-electron chi connectivity index (χ4n) is 5.27. The molecule has 0 radical (unpaired) electrons. The molecule has 0 N–H and O–H groups in total. The summed E-state index contributed by atoms with van der Waals surface area (Å²) in [6.07, 6.45) is 5.78. The van der Waals surface area contributed by atoms with Gasteiger partial charge >= 0.3 is 0 Å². The molecule has 0 aromatic heterocycles. The van der Waals surface area contributed by atoms with Crippen LogP contribution in [-0.2, 0) is 11.3 Å². The Hall–Kier alpha value is -1.50. The molecule has 0 bridgehead atoms. The number of benzene rings is 1. The minimum atomic E-state index is -1.81. The zero-order chi connectivity index (χ0) is 23.4. The highest BCUT2D eigenvalue weighted by atomic mass is 28.3. The number of hydrogen-bond acceptors (Lipinski definition) is 2. The van der Waals surface area contributed by atoms with E-state index in [4.69, 9.17) is 9.47 Å². The van der Waals surface area contributed by atoms with Gasteiger partial charge in [-0.15, -0.1) is 18.0 Å². The van der Waals surface area contributed by atoms with Crippen LogP contribution in [0.5, 0.6) is 5.75 Å². The Bertz CT molecular complexity index is 688. The van der Waals surface area contributed by atoms with Crippen LogP contribution in [0.25, 0.3) is 0 Å². The maximum atomic E-state index is 5.90. The fraction of sp³-hybridized carbons (Fsp3) is 0.643. The van der Waals surface area contributed by atoms with Crippen molar-refractivity contribution in [2.24, 2.45) is 11.8 Å². The number of hydrogen-bond donors (Lipinski definition) is 0. The highest BCUT2D eigenvalue weighted by Crippen LogP contribution is 2.47. The molecule has 1 aromatic rings. The Labute approximate surface area is 193 Å². The average molecular weight is 443 g/mol. The minimum Gasteiger partial charge on any atom is -0.497 e. The van der Waals surface area contributed by atoms with Crippen molar-refractivity contribution in [3.05, 3.63) is 42.5 Å². The van der Waals surface area contributed by atoms with Crippen LogP contribution in [0.3, 0.4) is 0 Å². The van der Waals surface area contributed by atoms with Gasteiger partial charge in [-0.05, 0) is 72.3 Å². The third kappa shape index (κ3) is 7.85. The van der Waals surface area contributed by atoms with E-state index in [0.717, 1.165) is 18.8 Å². The second-order valence-corrected chi connectivity index (χ2v) is 14.8. The van der Waals surface area contributed by atoms with E-state index in [2.05, 4.69) is 77.8 Å². The monoisotopic (exact) mass is 442 g/mol. The Morgan fingerprint density at radius 3 is 2.13 bits per heavy atom. The molecule has 1 aromatic carbocycles. The molecule has 0 unspecified atom stereocenters. The average Bonchev–Trinajstić information content (AvgIpc) is 2.73. The molecule has 0 aliphatic rings. The number of allylic oxidation sites excluding steroid dienone is 1. The molecule has 3 heteroatoms. The van der Waals surface area contributed by atoms with Crippen LogP contribution < -0.4 is 4.74 Å². The molecular weight excluding hydrogens is 396 g/mol. The van der Waals surface area contributed by atoms with Gasteiger partial charge < -0.3 is 9.47 Å². The lowest BCUT2D eigenvalue weighted by molar-refractivity contribution is 0.113. The second-order valence-electron chi connectivity index (χ2n) is 9.74. The first kappa shape index (κ1) is 27.5. The van der Waals surface area contributed by atoms with Crippen molar-refractivity contribution in [2.75, 3.05) is 13.7 Å². The van der Waals surface area contributed by atoms with E-state index in [1.165, 1.54) is 18.4 Å². The first-order chi connectivity index (χ1) is 14.7. The Morgan fingerprint density at radius 1 is 1.03 bits per heavy atom. The molecule has 0 aliphatic carbocycles. The summed E-state index contributed by atoms with van der Waals surface area (Å²) < 4.78 is 11.1. The van der Waals surface area contributed by atoms with Gasteiger partial charge in [-0.3, -0.25) is 0 Å². The highest BCUT2D eigenvalue weighted by Gasteiger charge is 2.46. The third-order valence-corrected chi connectivity index (χ3v) is 13.3. The maximum absolute atomic E-state index is 5.90. The van der Waals surface area contributed by atoms with Crippen molar-refractivity contribution >= 4 is 8.07 Å². The van der Waals surface area contributed by atoms with E-state index in [0.29, 0.717) is 35.1 Å². The van der Waals surface area contributed by atoms with Crippen LogP contribution >= 0.6 is 0 Å². The lowest BCUT2D eigenvalue weighted by Gasteiger charge is -2.43. The lowest BCUT2D eigenvalue weighted by Crippen LogP contribution is -2.47. The van der Waals surface area contributed by atoms with Gasteiger partial charge in [0.15, 0.2) is 0 Å². The smallest absolute Gasteiger partial charge is 0.150 e. The number of rotatable bonds is 14. The van der Waals surface area contributed by atoms with Crippen LogP contribution in [0.4, 0.5) is 0 Å². The SMILES string of the molecule is C=C[C@H]([C@@H](C)C[C@@H](C)CCCOCc1ccc(OC)cc1)[Si](C#CC)(C(C)C)C(C)C. The van der Waals surface area contributed by atoms with Crippen molar-refractivity contribution in [3.63, 3.8) is 0 Å². The predicted molar refractivity (Wildman–Crippen MR) is 138 cm³/mol.